The van der Waals surface area contributed by atoms with E-state index in [1.807, 2.05) is 18.3 Å². The summed E-state index contributed by atoms with van der Waals surface area (Å²) in [6, 6.07) is 4.03. The molecule has 2 unspecified atom stereocenters. The molecule has 3 rings (SSSR count). The number of rotatable bonds is 3. The van der Waals surface area contributed by atoms with Crippen LogP contribution in [0.25, 0.3) is 0 Å². The van der Waals surface area contributed by atoms with Crippen LogP contribution in [0.15, 0.2) is 22.8 Å². The molecule has 4 heteroatoms. The summed E-state index contributed by atoms with van der Waals surface area (Å²) in [5.41, 5.74) is 0. The molecule has 1 aromatic heterocycles. The molecular weight excluding hydrogens is 254 g/mol. The fourth-order valence-corrected chi connectivity index (χ4v) is 2.79. The van der Waals surface area contributed by atoms with Crippen molar-refractivity contribution in [2.45, 2.75) is 0 Å². The van der Waals surface area contributed by atoms with Gasteiger partial charge in [-0.1, -0.05) is 0 Å². The Morgan fingerprint density at radius 2 is 2.20 bits per heavy atom. The number of nitrogens with zero attached hydrogens (tertiary/aromatic N) is 1. The van der Waals surface area contributed by atoms with Gasteiger partial charge in [-0.2, -0.15) is 0 Å². The topological polar surface area (TPSA) is 37.0 Å². The first-order chi connectivity index (χ1) is 7.34. The van der Waals surface area contributed by atoms with Gasteiger partial charge in [0.1, 0.15) is 5.82 Å². The summed E-state index contributed by atoms with van der Waals surface area (Å²) >= 11 is 3.38. The van der Waals surface area contributed by atoms with Gasteiger partial charge in [-0.3, -0.25) is 0 Å². The van der Waals surface area contributed by atoms with E-state index in [9.17, 15) is 0 Å². The van der Waals surface area contributed by atoms with Gasteiger partial charge in [-0.05, 0) is 58.9 Å². The summed E-state index contributed by atoms with van der Waals surface area (Å²) in [6.45, 7) is 3.50. The van der Waals surface area contributed by atoms with Crippen LogP contribution in [-0.4, -0.2) is 24.6 Å². The lowest BCUT2D eigenvalue weighted by molar-refractivity contribution is 0.615. The third-order valence-electron chi connectivity index (χ3n) is 3.52. The van der Waals surface area contributed by atoms with Gasteiger partial charge in [-0.15, -0.1) is 0 Å². The Morgan fingerprint density at radius 3 is 2.87 bits per heavy atom. The van der Waals surface area contributed by atoms with Gasteiger partial charge >= 0.3 is 0 Å². The van der Waals surface area contributed by atoms with E-state index in [-0.39, 0.29) is 0 Å². The third-order valence-corrected chi connectivity index (χ3v) is 3.98. The zero-order chi connectivity index (χ0) is 10.3. The predicted molar refractivity (Wildman–Crippen MR) is 63.8 cm³/mol. The maximum Gasteiger partial charge on any atom is 0.125 e. The van der Waals surface area contributed by atoms with Gasteiger partial charge in [0.05, 0.1) is 0 Å². The van der Waals surface area contributed by atoms with Crippen molar-refractivity contribution in [3.05, 3.63) is 22.8 Å². The zero-order valence-electron chi connectivity index (χ0n) is 8.41. The van der Waals surface area contributed by atoms with Crippen LogP contribution in [0.4, 0.5) is 5.82 Å². The summed E-state index contributed by atoms with van der Waals surface area (Å²) in [6.07, 6.45) is 1.83. The number of fused-ring (bicyclic) bond motifs is 1. The number of pyridine rings is 1. The van der Waals surface area contributed by atoms with Crippen molar-refractivity contribution >= 4 is 21.7 Å². The van der Waals surface area contributed by atoms with E-state index in [0.717, 1.165) is 34.6 Å². The van der Waals surface area contributed by atoms with Crippen LogP contribution in [0.3, 0.4) is 0 Å². The van der Waals surface area contributed by atoms with E-state index >= 15 is 0 Å². The lowest BCUT2D eigenvalue weighted by atomic mass is 10.3. The van der Waals surface area contributed by atoms with E-state index in [1.165, 1.54) is 13.1 Å². The number of aromatic nitrogens is 1. The molecule has 2 N–H and O–H groups in total. The minimum absolute atomic E-state index is 0.872. The Morgan fingerprint density at radius 1 is 1.40 bits per heavy atom. The number of hydrogen-bond donors (Lipinski definition) is 2. The van der Waals surface area contributed by atoms with Gasteiger partial charge in [0.2, 0.25) is 0 Å². The quantitative estimate of drug-likeness (QED) is 0.876. The molecule has 3 nitrogen and oxygen atoms in total. The highest BCUT2D eigenvalue weighted by Gasteiger charge is 2.52. The standard InChI is InChI=1S/C11H14BrN3/c12-7-1-2-11(14-3-7)15-6-10-8-4-13-5-9(8)10/h1-3,8-10,13H,4-6H2,(H,14,15). The Hall–Kier alpha value is -0.610. The minimum Gasteiger partial charge on any atom is -0.370 e. The number of nitrogens with one attached hydrogen (secondary N) is 2. The van der Waals surface area contributed by atoms with Gasteiger partial charge < -0.3 is 10.6 Å². The molecule has 2 fully saturated rings. The fraction of sp³-hybridized carbons (Fsp3) is 0.545. The highest BCUT2D eigenvalue weighted by Crippen LogP contribution is 2.48. The maximum atomic E-state index is 4.30. The van der Waals surface area contributed by atoms with Crippen molar-refractivity contribution in [3.8, 4) is 0 Å². The first-order valence-electron chi connectivity index (χ1n) is 5.41. The first-order valence-corrected chi connectivity index (χ1v) is 6.20. The highest BCUT2D eigenvalue weighted by atomic mass is 79.9. The van der Waals surface area contributed by atoms with Crippen LogP contribution < -0.4 is 10.6 Å². The van der Waals surface area contributed by atoms with Crippen molar-refractivity contribution in [2.75, 3.05) is 25.0 Å². The Bertz CT molecular complexity index is 341. The molecule has 1 aromatic rings. The van der Waals surface area contributed by atoms with Crippen molar-refractivity contribution in [3.63, 3.8) is 0 Å². The van der Waals surface area contributed by atoms with E-state index in [4.69, 9.17) is 0 Å². The molecule has 15 heavy (non-hydrogen) atoms. The maximum absolute atomic E-state index is 4.30. The van der Waals surface area contributed by atoms with E-state index in [0.29, 0.717) is 0 Å². The normalized spacial score (nSPS) is 32.5. The molecule has 1 aliphatic heterocycles. The fourth-order valence-electron chi connectivity index (χ4n) is 2.55. The lowest BCUT2D eigenvalue weighted by Crippen LogP contribution is -2.18. The van der Waals surface area contributed by atoms with E-state index in [2.05, 4.69) is 31.5 Å². The van der Waals surface area contributed by atoms with Crippen molar-refractivity contribution in [1.82, 2.24) is 10.3 Å². The average molecular weight is 268 g/mol. The van der Waals surface area contributed by atoms with Crippen molar-refractivity contribution in [1.29, 1.82) is 0 Å². The lowest BCUT2D eigenvalue weighted by Gasteiger charge is -2.07. The highest BCUT2D eigenvalue weighted by molar-refractivity contribution is 9.10. The number of anilines is 1. The van der Waals surface area contributed by atoms with Crippen LogP contribution in [0.2, 0.25) is 0 Å². The molecule has 2 aliphatic rings. The molecule has 0 aromatic carbocycles. The van der Waals surface area contributed by atoms with Crippen molar-refractivity contribution < 1.29 is 0 Å². The molecule has 0 bridgehead atoms. The smallest absolute Gasteiger partial charge is 0.125 e. The second kappa shape index (κ2) is 3.76. The Balaban J connectivity index is 1.52. The first kappa shape index (κ1) is 9.60. The largest absolute Gasteiger partial charge is 0.370 e. The van der Waals surface area contributed by atoms with Crippen LogP contribution in [0.5, 0.6) is 0 Å². The molecular formula is C11H14BrN3. The van der Waals surface area contributed by atoms with Crippen LogP contribution in [0.1, 0.15) is 0 Å². The monoisotopic (exact) mass is 267 g/mol. The molecule has 2 atom stereocenters. The summed E-state index contributed by atoms with van der Waals surface area (Å²) in [7, 11) is 0. The van der Waals surface area contributed by atoms with Gasteiger partial charge in [0.25, 0.3) is 0 Å². The van der Waals surface area contributed by atoms with Gasteiger partial charge in [-0.25, -0.2) is 4.98 Å². The molecule has 0 spiro atoms. The number of piperidine rings is 1. The second-order valence-corrected chi connectivity index (χ2v) is 5.31. The second-order valence-electron chi connectivity index (χ2n) is 4.39. The minimum atomic E-state index is 0.872. The molecule has 1 saturated carbocycles. The van der Waals surface area contributed by atoms with E-state index < -0.39 is 0 Å². The SMILES string of the molecule is Brc1ccc(NCC2C3CNCC32)nc1. The Kier molecular flexibility index (Phi) is 2.41. The van der Waals surface area contributed by atoms with Gasteiger partial charge in [0.15, 0.2) is 0 Å². The number of hydrogen-bond acceptors (Lipinski definition) is 3. The van der Waals surface area contributed by atoms with Crippen molar-refractivity contribution in [2.24, 2.45) is 17.8 Å². The average Bonchev–Trinajstić information content (AvgIpc) is 2.71. The molecule has 0 amide bonds. The predicted octanol–water partition coefficient (Wildman–Crippen LogP) is 1.72. The molecule has 2 heterocycles. The van der Waals surface area contributed by atoms with Crippen LogP contribution in [-0.2, 0) is 0 Å². The molecule has 0 radical (unpaired) electrons. The van der Waals surface area contributed by atoms with E-state index in [1.54, 1.807) is 0 Å². The zero-order valence-corrected chi connectivity index (χ0v) is 10.00. The molecule has 1 aliphatic carbocycles. The molecule has 1 saturated heterocycles. The van der Waals surface area contributed by atoms with Gasteiger partial charge in [0, 0.05) is 17.2 Å². The molecule has 80 valence electrons. The summed E-state index contributed by atoms with van der Waals surface area (Å²) in [5, 5.41) is 6.81. The number of halogens is 1. The summed E-state index contributed by atoms with van der Waals surface area (Å²) in [5.74, 6) is 3.70. The Labute approximate surface area is 97.8 Å². The summed E-state index contributed by atoms with van der Waals surface area (Å²) in [4.78, 5) is 4.30. The summed E-state index contributed by atoms with van der Waals surface area (Å²) < 4.78 is 1.03. The third kappa shape index (κ3) is 1.88. The van der Waals surface area contributed by atoms with Crippen LogP contribution in [0, 0.1) is 17.8 Å². The van der Waals surface area contributed by atoms with Crippen LogP contribution >= 0.6 is 15.9 Å².